The minimum Gasteiger partial charge on any atom is -0.496 e. The molecule has 3 nitrogen and oxygen atoms in total. The Hall–Kier alpha value is -1.39. The number of rotatable bonds is 3. The number of para-hydroxylation sites is 1. The van der Waals surface area contributed by atoms with Crippen LogP contribution in [0.3, 0.4) is 0 Å². The van der Waals surface area contributed by atoms with Crippen molar-refractivity contribution in [2.45, 2.75) is 19.4 Å². The molecule has 0 amide bonds. The Kier molecular flexibility index (Phi) is 3.17. The summed E-state index contributed by atoms with van der Waals surface area (Å²) >= 11 is 1.61. The zero-order valence-electron chi connectivity index (χ0n) is 10.2. The Morgan fingerprint density at radius 1 is 1.29 bits per heavy atom. The summed E-state index contributed by atoms with van der Waals surface area (Å²) in [5.74, 6) is 0.836. The Morgan fingerprint density at radius 2 is 2.00 bits per heavy atom. The maximum Gasteiger partial charge on any atom is 0.129 e. The van der Waals surface area contributed by atoms with Crippen LogP contribution >= 0.6 is 11.3 Å². The summed E-state index contributed by atoms with van der Waals surface area (Å²) in [5, 5.41) is 0.941. The van der Waals surface area contributed by atoms with Crippen molar-refractivity contribution in [1.82, 2.24) is 4.98 Å². The van der Waals surface area contributed by atoms with Gasteiger partial charge >= 0.3 is 0 Å². The molecule has 0 fully saturated rings. The van der Waals surface area contributed by atoms with Gasteiger partial charge < -0.3 is 10.5 Å². The van der Waals surface area contributed by atoms with E-state index in [9.17, 15) is 0 Å². The molecule has 0 unspecified atom stereocenters. The van der Waals surface area contributed by atoms with Gasteiger partial charge in [0.25, 0.3) is 0 Å². The molecule has 1 aromatic carbocycles. The highest BCUT2D eigenvalue weighted by atomic mass is 32.1. The van der Waals surface area contributed by atoms with Crippen molar-refractivity contribution in [2.24, 2.45) is 5.73 Å². The standard InChI is InChI=1S/C13H16N2OS/c1-13(2,14)11-8-15-12(17-11)9-6-4-5-7-10(9)16-3/h4-8H,14H2,1-3H3. The van der Waals surface area contributed by atoms with E-state index in [1.807, 2.05) is 44.3 Å². The fourth-order valence-electron chi connectivity index (χ4n) is 1.52. The number of hydrogen-bond donors (Lipinski definition) is 1. The smallest absolute Gasteiger partial charge is 0.129 e. The zero-order chi connectivity index (χ0) is 12.5. The number of nitrogens with zero attached hydrogens (tertiary/aromatic N) is 1. The highest BCUT2D eigenvalue weighted by Gasteiger charge is 2.19. The third kappa shape index (κ3) is 2.48. The topological polar surface area (TPSA) is 48.1 Å². The lowest BCUT2D eigenvalue weighted by atomic mass is 10.1. The molecule has 0 radical (unpaired) electrons. The van der Waals surface area contributed by atoms with Gasteiger partial charge in [-0.05, 0) is 26.0 Å². The number of thiazole rings is 1. The number of benzene rings is 1. The van der Waals surface area contributed by atoms with Crippen LogP contribution in [0.4, 0.5) is 0 Å². The predicted octanol–water partition coefficient (Wildman–Crippen LogP) is 3.01. The average Bonchev–Trinajstić information content (AvgIpc) is 2.77. The Balaban J connectivity index is 2.44. The molecule has 0 aliphatic carbocycles. The summed E-state index contributed by atoms with van der Waals surface area (Å²) < 4.78 is 5.33. The van der Waals surface area contributed by atoms with Gasteiger partial charge in [0.1, 0.15) is 10.8 Å². The molecule has 1 heterocycles. The molecule has 0 aliphatic heterocycles. The summed E-state index contributed by atoms with van der Waals surface area (Å²) in [6, 6.07) is 7.87. The molecule has 0 saturated carbocycles. The second kappa shape index (κ2) is 4.47. The second-order valence-electron chi connectivity index (χ2n) is 4.45. The predicted molar refractivity (Wildman–Crippen MR) is 71.3 cm³/mol. The van der Waals surface area contributed by atoms with E-state index in [1.54, 1.807) is 18.4 Å². The van der Waals surface area contributed by atoms with Crippen molar-refractivity contribution in [1.29, 1.82) is 0 Å². The fraction of sp³-hybridized carbons (Fsp3) is 0.308. The van der Waals surface area contributed by atoms with Crippen LogP contribution < -0.4 is 10.5 Å². The SMILES string of the molecule is COc1ccccc1-c1ncc(C(C)(C)N)s1. The van der Waals surface area contributed by atoms with Crippen molar-refractivity contribution >= 4 is 11.3 Å². The van der Waals surface area contributed by atoms with E-state index >= 15 is 0 Å². The first-order valence-electron chi connectivity index (χ1n) is 5.41. The van der Waals surface area contributed by atoms with Gasteiger partial charge in [-0.1, -0.05) is 12.1 Å². The molecule has 2 rings (SSSR count). The molecule has 2 aromatic rings. The summed E-state index contributed by atoms with van der Waals surface area (Å²) in [5.41, 5.74) is 6.72. The maximum absolute atomic E-state index is 6.06. The molecule has 0 aliphatic rings. The number of methoxy groups -OCH3 is 1. The lowest BCUT2D eigenvalue weighted by Crippen LogP contribution is -2.27. The first-order valence-corrected chi connectivity index (χ1v) is 6.22. The monoisotopic (exact) mass is 248 g/mol. The average molecular weight is 248 g/mol. The van der Waals surface area contributed by atoms with E-state index in [4.69, 9.17) is 10.5 Å². The van der Waals surface area contributed by atoms with E-state index < -0.39 is 0 Å². The zero-order valence-corrected chi connectivity index (χ0v) is 11.0. The number of hydrogen-bond acceptors (Lipinski definition) is 4. The molecular weight excluding hydrogens is 232 g/mol. The van der Waals surface area contributed by atoms with Crippen molar-refractivity contribution in [2.75, 3.05) is 7.11 Å². The lowest BCUT2D eigenvalue weighted by Gasteiger charge is -2.14. The highest BCUT2D eigenvalue weighted by molar-refractivity contribution is 7.15. The Labute approximate surface area is 105 Å². The molecule has 1 aromatic heterocycles. The van der Waals surface area contributed by atoms with E-state index in [-0.39, 0.29) is 5.54 Å². The molecular formula is C13H16N2OS. The normalized spacial score (nSPS) is 11.5. The van der Waals surface area contributed by atoms with Gasteiger partial charge in [0, 0.05) is 16.6 Å². The van der Waals surface area contributed by atoms with Gasteiger partial charge in [0.05, 0.1) is 12.7 Å². The molecule has 0 bridgehead atoms. The third-order valence-corrected chi connectivity index (χ3v) is 3.85. The lowest BCUT2D eigenvalue weighted by molar-refractivity contribution is 0.416. The number of ether oxygens (including phenoxy) is 1. The van der Waals surface area contributed by atoms with Crippen LogP contribution in [0.15, 0.2) is 30.5 Å². The van der Waals surface area contributed by atoms with Gasteiger partial charge in [-0.2, -0.15) is 0 Å². The van der Waals surface area contributed by atoms with Crippen LogP contribution in [0.25, 0.3) is 10.6 Å². The van der Waals surface area contributed by atoms with Crippen LogP contribution in [0.1, 0.15) is 18.7 Å². The minimum atomic E-state index is -0.349. The van der Waals surface area contributed by atoms with E-state index in [0.717, 1.165) is 21.2 Å². The van der Waals surface area contributed by atoms with E-state index in [0.29, 0.717) is 0 Å². The van der Waals surface area contributed by atoms with Crippen LogP contribution in [-0.4, -0.2) is 12.1 Å². The quantitative estimate of drug-likeness (QED) is 0.908. The number of aromatic nitrogens is 1. The van der Waals surface area contributed by atoms with Gasteiger partial charge in [-0.3, -0.25) is 0 Å². The number of nitrogens with two attached hydrogens (primary N) is 1. The summed E-state index contributed by atoms with van der Waals surface area (Å²) in [6.07, 6.45) is 1.84. The molecule has 90 valence electrons. The summed E-state index contributed by atoms with van der Waals surface area (Å²) in [4.78, 5) is 5.49. The fourth-order valence-corrected chi connectivity index (χ4v) is 2.48. The van der Waals surface area contributed by atoms with Crippen LogP contribution in [-0.2, 0) is 5.54 Å². The Morgan fingerprint density at radius 3 is 2.59 bits per heavy atom. The van der Waals surface area contributed by atoms with Crippen LogP contribution in [0.2, 0.25) is 0 Å². The molecule has 4 heteroatoms. The third-order valence-electron chi connectivity index (χ3n) is 2.48. The minimum absolute atomic E-state index is 0.349. The maximum atomic E-state index is 6.06. The summed E-state index contributed by atoms with van der Waals surface area (Å²) in [7, 11) is 1.67. The van der Waals surface area contributed by atoms with Crippen molar-refractivity contribution in [3.63, 3.8) is 0 Å². The first kappa shape index (κ1) is 12.1. The molecule has 0 saturated heterocycles. The molecule has 17 heavy (non-hydrogen) atoms. The van der Waals surface area contributed by atoms with Gasteiger partial charge in [-0.25, -0.2) is 4.98 Å². The highest BCUT2D eigenvalue weighted by Crippen LogP contribution is 2.35. The van der Waals surface area contributed by atoms with Crippen LogP contribution in [0, 0.1) is 0 Å². The molecule has 2 N–H and O–H groups in total. The van der Waals surface area contributed by atoms with Crippen molar-refractivity contribution in [3.05, 3.63) is 35.3 Å². The molecule has 0 spiro atoms. The first-order chi connectivity index (χ1) is 8.02. The van der Waals surface area contributed by atoms with Crippen molar-refractivity contribution in [3.8, 4) is 16.3 Å². The van der Waals surface area contributed by atoms with E-state index in [1.165, 1.54) is 0 Å². The van der Waals surface area contributed by atoms with Gasteiger partial charge in [0.2, 0.25) is 0 Å². The van der Waals surface area contributed by atoms with Crippen LogP contribution in [0.5, 0.6) is 5.75 Å². The summed E-state index contributed by atoms with van der Waals surface area (Å²) in [6.45, 7) is 3.96. The second-order valence-corrected chi connectivity index (χ2v) is 5.48. The van der Waals surface area contributed by atoms with Gasteiger partial charge in [-0.15, -0.1) is 11.3 Å². The van der Waals surface area contributed by atoms with E-state index in [2.05, 4.69) is 4.98 Å². The molecule has 0 atom stereocenters. The largest absolute Gasteiger partial charge is 0.496 e. The Bertz CT molecular complexity index is 514. The van der Waals surface area contributed by atoms with Gasteiger partial charge in [0.15, 0.2) is 0 Å². The van der Waals surface area contributed by atoms with Crippen molar-refractivity contribution < 1.29 is 4.74 Å².